The van der Waals surface area contributed by atoms with E-state index in [2.05, 4.69) is 27.5 Å². The van der Waals surface area contributed by atoms with Crippen LogP contribution in [-0.4, -0.2) is 50.5 Å². The summed E-state index contributed by atoms with van der Waals surface area (Å²) in [6.07, 6.45) is 3.90. The van der Waals surface area contributed by atoms with Crippen LogP contribution in [0.5, 0.6) is 0 Å². The molecule has 0 aliphatic rings. The molecular formula is C21H32N4O3. The average molecular weight is 389 g/mol. The van der Waals surface area contributed by atoms with Gasteiger partial charge in [-0.05, 0) is 25.5 Å². The van der Waals surface area contributed by atoms with Crippen molar-refractivity contribution >= 4 is 5.96 Å². The number of ether oxygens (including phenoxy) is 2. The lowest BCUT2D eigenvalue weighted by atomic mass is 10.2. The Labute approximate surface area is 167 Å². The molecule has 1 aromatic heterocycles. The Morgan fingerprint density at radius 3 is 2.57 bits per heavy atom. The maximum atomic E-state index is 5.56. The molecule has 2 rings (SSSR count). The van der Waals surface area contributed by atoms with Crippen molar-refractivity contribution in [2.24, 2.45) is 4.99 Å². The van der Waals surface area contributed by atoms with E-state index in [-0.39, 0.29) is 0 Å². The normalized spacial score (nSPS) is 11.6. The van der Waals surface area contributed by atoms with Crippen LogP contribution in [0.3, 0.4) is 0 Å². The zero-order valence-corrected chi connectivity index (χ0v) is 16.9. The number of rotatable bonds is 13. The molecule has 0 aliphatic heterocycles. The van der Waals surface area contributed by atoms with Gasteiger partial charge in [0.25, 0.3) is 0 Å². The van der Waals surface area contributed by atoms with Gasteiger partial charge in [-0.25, -0.2) is 9.98 Å². The summed E-state index contributed by atoms with van der Waals surface area (Å²) in [6, 6.07) is 9.84. The van der Waals surface area contributed by atoms with Crippen molar-refractivity contribution in [2.45, 2.75) is 33.2 Å². The number of aromatic nitrogens is 1. The van der Waals surface area contributed by atoms with E-state index in [1.807, 2.05) is 37.3 Å². The maximum absolute atomic E-state index is 5.56. The molecule has 154 valence electrons. The highest BCUT2D eigenvalue weighted by molar-refractivity contribution is 5.79. The van der Waals surface area contributed by atoms with Gasteiger partial charge < -0.3 is 24.5 Å². The van der Waals surface area contributed by atoms with Gasteiger partial charge in [0.1, 0.15) is 12.0 Å². The fraction of sp³-hybridized carbons (Fsp3) is 0.524. The Kier molecular flexibility index (Phi) is 10.8. The highest BCUT2D eigenvalue weighted by Crippen LogP contribution is 2.18. The zero-order valence-electron chi connectivity index (χ0n) is 16.9. The molecular weight excluding hydrogens is 356 g/mol. The fourth-order valence-electron chi connectivity index (χ4n) is 2.40. The van der Waals surface area contributed by atoms with E-state index in [0.717, 1.165) is 43.2 Å². The minimum absolute atomic E-state index is 0.442. The first-order valence-corrected chi connectivity index (χ1v) is 10.0. The lowest BCUT2D eigenvalue weighted by Crippen LogP contribution is -2.39. The van der Waals surface area contributed by atoms with E-state index in [9.17, 15) is 0 Å². The molecule has 0 bridgehead atoms. The van der Waals surface area contributed by atoms with Crippen molar-refractivity contribution in [2.75, 3.05) is 39.5 Å². The minimum Gasteiger partial charge on any atom is -0.444 e. The van der Waals surface area contributed by atoms with Crippen LogP contribution in [0.15, 0.2) is 46.0 Å². The van der Waals surface area contributed by atoms with E-state index < -0.39 is 0 Å². The third kappa shape index (κ3) is 8.54. The van der Waals surface area contributed by atoms with Gasteiger partial charge in [-0.3, -0.25) is 0 Å². The molecule has 0 radical (unpaired) electrons. The number of guanidine groups is 1. The highest BCUT2D eigenvalue weighted by atomic mass is 16.5. The van der Waals surface area contributed by atoms with Crippen molar-refractivity contribution < 1.29 is 13.9 Å². The number of benzene rings is 1. The summed E-state index contributed by atoms with van der Waals surface area (Å²) in [5.74, 6) is 1.34. The van der Waals surface area contributed by atoms with Crippen molar-refractivity contribution in [1.82, 2.24) is 15.6 Å². The van der Waals surface area contributed by atoms with Crippen LogP contribution < -0.4 is 10.6 Å². The predicted octanol–water partition coefficient (Wildman–Crippen LogP) is 3.23. The Morgan fingerprint density at radius 1 is 1.04 bits per heavy atom. The van der Waals surface area contributed by atoms with Crippen LogP contribution in [0.4, 0.5) is 0 Å². The monoisotopic (exact) mass is 388 g/mol. The van der Waals surface area contributed by atoms with E-state index in [4.69, 9.17) is 13.9 Å². The standard InChI is InChI=1S/C21H32N4O3/c1-3-5-12-26-14-15-27-13-11-23-21(22-4-2)24-16-19-17-28-20(25-19)18-9-7-6-8-10-18/h6-10,17H,3-5,11-16H2,1-2H3,(H2,22,23,24). The number of aliphatic imine (C=N–C) groups is 1. The number of unbranched alkanes of at least 4 members (excludes halogenated alkanes) is 1. The molecule has 28 heavy (non-hydrogen) atoms. The highest BCUT2D eigenvalue weighted by Gasteiger charge is 2.06. The maximum Gasteiger partial charge on any atom is 0.226 e. The van der Waals surface area contributed by atoms with Crippen molar-refractivity contribution in [1.29, 1.82) is 0 Å². The van der Waals surface area contributed by atoms with Crippen LogP contribution in [0.25, 0.3) is 11.5 Å². The first-order chi connectivity index (χ1) is 13.8. The first kappa shape index (κ1) is 21.9. The Bertz CT molecular complexity index is 673. The van der Waals surface area contributed by atoms with Gasteiger partial charge in [0.05, 0.1) is 26.4 Å². The van der Waals surface area contributed by atoms with Gasteiger partial charge >= 0.3 is 0 Å². The molecule has 0 fully saturated rings. The van der Waals surface area contributed by atoms with Crippen LogP contribution in [0, 0.1) is 0 Å². The summed E-state index contributed by atoms with van der Waals surface area (Å²) in [7, 11) is 0. The molecule has 0 spiro atoms. The lowest BCUT2D eigenvalue weighted by molar-refractivity contribution is 0.0487. The smallest absolute Gasteiger partial charge is 0.226 e. The minimum atomic E-state index is 0.442. The summed E-state index contributed by atoms with van der Waals surface area (Å²) >= 11 is 0. The summed E-state index contributed by atoms with van der Waals surface area (Å²) in [5.41, 5.74) is 1.75. The van der Waals surface area contributed by atoms with E-state index >= 15 is 0 Å². The second-order valence-electron chi connectivity index (χ2n) is 6.21. The van der Waals surface area contributed by atoms with Gasteiger partial charge in [0.2, 0.25) is 5.89 Å². The third-order valence-electron chi connectivity index (χ3n) is 3.87. The molecule has 1 aromatic carbocycles. The van der Waals surface area contributed by atoms with Crippen molar-refractivity contribution in [3.05, 3.63) is 42.3 Å². The molecule has 0 saturated carbocycles. The molecule has 0 aliphatic carbocycles. The first-order valence-electron chi connectivity index (χ1n) is 10.0. The Balaban J connectivity index is 1.70. The number of oxazole rings is 1. The number of nitrogens with one attached hydrogen (secondary N) is 2. The van der Waals surface area contributed by atoms with Crippen LogP contribution in [-0.2, 0) is 16.0 Å². The van der Waals surface area contributed by atoms with E-state index in [0.29, 0.717) is 38.8 Å². The molecule has 7 nitrogen and oxygen atoms in total. The topological polar surface area (TPSA) is 80.9 Å². The molecule has 2 N–H and O–H groups in total. The van der Waals surface area contributed by atoms with Crippen LogP contribution in [0.2, 0.25) is 0 Å². The molecule has 0 unspecified atom stereocenters. The number of nitrogens with zero attached hydrogens (tertiary/aromatic N) is 2. The molecule has 2 aromatic rings. The molecule has 0 amide bonds. The summed E-state index contributed by atoms with van der Waals surface area (Å²) in [4.78, 5) is 9.05. The van der Waals surface area contributed by atoms with E-state index in [1.165, 1.54) is 0 Å². The SMILES string of the molecule is CCCCOCCOCCNC(=NCc1coc(-c2ccccc2)n1)NCC. The van der Waals surface area contributed by atoms with Gasteiger partial charge in [-0.15, -0.1) is 0 Å². The summed E-state index contributed by atoms with van der Waals surface area (Å²) in [5, 5.41) is 6.47. The summed E-state index contributed by atoms with van der Waals surface area (Å²) in [6.45, 7) is 8.75. The second kappa shape index (κ2) is 13.7. The molecule has 0 atom stereocenters. The third-order valence-corrected chi connectivity index (χ3v) is 3.87. The second-order valence-corrected chi connectivity index (χ2v) is 6.21. The van der Waals surface area contributed by atoms with Crippen LogP contribution in [0.1, 0.15) is 32.4 Å². The molecule has 0 saturated heterocycles. The number of hydrogen-bond acceptors (Lipinski definition) is 5. The summed E-state index contributed by atoms with van der Waals surface area (Å²) < 4.78 is 16.6. The quantitative estimate of drug-likeness (QED) is 0.311. The Hall–Kier alpha value is -2.38. The van der Waals surface area contributed by atoms with Gasteiger partial charge in [0.15, 0.2) is 5.96 Å². The largest absolute Gasteiger partial charge is 0.444 e. The van der Waals surface area contributed by atoms with Gasteiger partial charge in [0, 0.05) is 25.3 Å². The van der Waals surface area contributed by atoms with Gasteiger partial charge in [-0.2, -0.15) is 0 Å². The fourth-order valence-corrected chi connectivity index (χ4v) is 2.40. The van der Waals surface area contributed by atoms with E-state index in [1.54, 1.807) is 6.26 Å². The lowest BCUT2D eigenvalue weighted by Gasteiger charge is -2.11. The average Bonchev–Trinajstić information content (AvgIpc) is 3.20. The number of hydrogen-bond donors (Lipinski definition) is 2. The molecule has 7 heteroatoms. The zero-order chi connectivity index (χ0) is 19.9. The van der Waals surface area contributed by atoms with Crippen LogP contribution >= 0.6 is 0 Å². The molecule has 1 heterocycles. The Morgan fingerprint density at radius 2 is 1.82 bits per heavy atom. The predicted molar refractivity (Wildman–Crippen MR) is 111 cm³/mol. The van der Waals surface area contributed by atoms with Crippen molar-refractivity contribution in [3.8, 4) is 11.5 Å². The van der Waals surface area contributed by atoms with Gasteiger partial charge in [-0.1, -0.05) is 31.5 Å². The van der Waals surface area contributed by atoms with Crippen molar-refractivity contribution in [3.63, 3.8) is 0 Å².